The maximum atomic E-state index is 12.4. The number of rotatable bonds is 6. The van der Waals surface area contributed by atoms with Crippen LogP contribution in [0.2, 0.25) is 0 Å². The second kappa shape index (κ2) is 6.33. The normalized spacial score (nSPS) is 25.2. The third kappa shape index (κ3) is 3.66. The Morgan fingerprint density at radius 3 is 2.50 bits per heavy atom. The largest absolute Gasteiger partial charge is 0.337 e. The molecule has 2 amide bonds. The van der Waals surface area contributed by atoms with Gasteiger partial charge in [-0.1, -0.05) is 6.42 Å². The highest BCUT2D eigenvalue weighted by molar-refractivity contribution is 5.75. The van der Waals surface area contributed by atoms with Gasteiger partial charge in [0, 0.05) is 25.2 Å². The molecular weight excluding hydrogens is 250 g/mol. The van der Waals surface area contributed by atoms with Gasteiger partial charge >= 0.3 is 6.03 Å². The molecule has 4 nitrogen and oxygen atoms in total. The van der Waals surface area contributed by atoms with Crippen molar-refractivity contribution in [1.29, 1.82) is 0 Å². The zero-order valence-electron chi connectivity index (χ0n) is 12.8. The highest BCUT2D eigenvalue weighted by atomic mass is 16.2. The summed E-state index contributed by atoms with van der Waals surface area (Å²) in [5, 5.41) is 3.16. The molecule has 1 heterocycles. The van der Waals surface area contributed by atoms with E-state index in [9.17, 15) is 4.79 Å². The van der Waals surface area contributed by atoms with Gasteiger partial charge in [-0.3, -0.25) is 0 Å². The number of carbonyl (C=O) groups is 1. The fraction of sp³-hybridized carbons (Fsp3) is 0.938. The Kier molecular flexibility index (Phi) is 4.49. The Labute approximate surface area is 122 Å². The number of nitrogens with one attached hydrogen (secondary N) is 1. The van der Waals surface area contributed by atoms with Crippen molar-refractivity contribution >= 4 is 6.03 Å². The second-order valence-corrected chi connectivity index (χ2v) is 6.85. The first-order valence-electron chi connectivity index (χ1n) is 8.54. The Morgan fingerprint density at radius 2 is 1.90 bits per heavy atom. The van der Waals surface area contributed by atoms with Crippen molar-refractivity contribution in [3.05, 3.63) is 0 Å². The summed E-state index contributed by atoms with van der Waals surface area (Å²) in [6.45, 7) is 6.48. The van der Waals surface area contributed by atoms with E-state index >= 15 is 0 Å². The van der Waals surface area contributed by atoms with Crippen molar-refractivity contribution in [2.45, 2.75) is 64.0 Å². The molecule has 1 N–H and O–H groups in total. The first kappa shape index (κ1) is 14.2. The van der Waals surface area contributed by atoms with Crippen molar-refractivity contribution in [3.63, 3.8) is 0 Å². The minimum absolute atomic E-state index is 0.184. The SMILES string of the molecule is CC(C1CC1)N(C(=O)NCCN1CCCCC1)C1CC1. The van der Waals surface area contributed by atoms with Crippen molar-refractivity contribution in [2.24, 2.45) is 5.92 Å². The van der Waals surface area contributed by atoms with E-state index in [1.807, 2.05) is 0 Å². The van der Waals surface area contributed by atoms with E-state index in [-0.39, 0.29) is 6.03 Å². The highest BCUT2D eigenvalue weighted by Gasteiger charge is 2.41. The number of urea groups is 1. The van der Waals surface area contributed by atoms with Gasteiger partial charge < -0.3 is 15.1 Å². The molecule has 0 radical (unpaired) electrons. The monoisotopic (exact) mass is 279 g/mol. The maximum absolute atomic E-state index is 12.4. The van der Waals surface area contributed by atoms with Gasteiger partial charge in [-0.15, -0.1) is 0 Å². The Morgan fingerprint density at radius 1 is 1.20 bits per heavy atom. The molecule has 3 aliphatic rings. The maximum Gasteiger partial charge on any atom is 0.317 e. The topological polar surface area (TPSA) is 35.6 Å². The first-order valence-corrected chi connectivity index (χ1v) is 8.54. The standard InChI is InChI=1S/C16H29N3O/c1-13(14-5-6-14)19(15-7-8-15)16(20)17-9-12-18-10-3-2-4-11-18/h13-15H,2-12H2,1H3,(H,17,20). The van der Waals surface area contributed by atoms with E-state index in [0.717, 1.165) is 19.0 Å². The molecule has 1 atom stereocenters. The summed E-state index contributed by atoms with van der Waals surface area (Å²) in [6.07, 6.45) is 9.04. The lowest BCUT2D eigenvalue weighted by atomic mass is 10.1. The summed E-state index contributed by atoms with van der Waals surface area (Å²) in [5.74, 6) is 0.767. The summed E-state index contributed by atoms with van der Waals surface area (Å²) in [5.41, 5.74) is 0. The van der Waals surface area contributed by atoms with Gasteiger partial charge in [-0.25, -0.2) is 4.79 Å². The molecule has 4 heteroatoms. The van der Waals surface area contributed by atoms with E-state index < -0.39 is 0 Å². The van der Waals surface area contributed by atoms with Crippen molar-refractivity contribution in [1.82, 2.24) is 15.1 Å². The van der Waals surface area contributed by atoms with Gasteiger partial charge in [-0.05, 0) is 64.5 Å². The van der Waals surface area contributed by atoms with Crippen LogP contribution in [0.15, 0.2) is 0 Å². The average molecular weight is 279 g/mol. The number of likely N-dealkylation sites (tertiary alicyclic amines) is 1. The fourth-order valence-electron chi connectivity index (χ4n) is 3.44. The molecule has 0 aromatic rings. The minimum Gasteiger partial charge on any atom is -0.337 e. The van der Waals surface area contributed by atoms with Crippen LogP contribution in [0, 0.1) is 5.92 Å². The summed E-state index contributed by atoms with van der Waals surface area (Å²) < 4.78 is 0. The molecule has 0 spiro atoms. The summed E-state index contributed by atoms with van der Waals surface area (Å²) in [7, 11) is 0. The predicted octanol–water partition coefficient (Wildman–Crippen LogP) is 2.44. The van der Waals surface area contributed by atoms with Crippen LogP contribution >= 0.6 is 0 Å². The van der Waals surface area contributed by atoms with Gasteiger partial charge in [-0.2, -0.15) is 0 Å². The van der Waals surface area contributed by atoms with Crippen LogP contribution in [0.4, 0.5) is 4.79 Å². The van der Waals surface area contributed by atoms with E-state index in [0.29, 0.717) is 12.1 Å². The molecule has 3 rings (SSSR count). The molecule has 1 aliphatic heterocycles. The molecule has 0 bridgehead atoms. The number of carbonyl (C=O) groups excluding carboxylic acids is 1. The number of hydrogen-bond donors (Lipinski definition) is 1. The van der Waals surface area contributed by atoms with Crippen LogP contribution in [0.5, 0.6) is 0 Å². The van der Waals surface area contributed by atoms with Crippen molar-refractivity contribution in [2.75, 3.05) is 26.2 Å². The smallest absolute Gasteiger partial charge is 0.317 e. The van der Waals surface area contributed by atoms with E-state index in [4.69, 9.17) is 0 Å². The van der Waals surface area contributed by atoms with Gasteiger partial charge in [0.2, 0.25) is 0 Å². The molecule has 3 fully saturated rings. The zero-order valence-corrected chi connectivity index (χ0v) is 12.8. The number of piperidine rings is 1. The predicted molar refractivity (Wildman–Crippen MR) is 80.7 cm³/mol. The van der Waals surface area contributed by atoms with Gasteiger partial charge in [0.15, 0.2) is 0 Å². The molecule has 1 unspecified atom stereocenters. The van der Waals surface area contributed by atoms with Crippen LogP contribution in [-0.4, -0.2) is 54.1 Å². The highest BCUT2D eigenvalue weighted by Crippen LogP contribution is 2.39. The molecule has 0 aromatic carbocycles. The van der Waals surface area contributed by atoms with Gasteiger partial charge in [0.25, 0.3) is 0 Å². The lowest BCUT2D eigenvalue weighted by molar-refractivity contribution is 0.163. The molecule has 2 saturated carbocycles. The molecule has 2 aliphatic carbocycles. The molecule has 20 heavy (non-hydrogen) atoms. The van der Waals surface area contributed by atoms with E-state index in [2.05, 4.69) is 22.0 Å². The summed E-state index contributed by atoms with van der Waals surface area (Å²) in [6, 6.07) is 1.15. The Balaban J connectivity index is 1.42. The summed E-state index contributed by atoms with van der Waals surface area (Å²) >= 11 is 0. The lowest BCUT2D eigenvalue weighted by Crippen LogP contribution is -2.49. The van der Waals surface area contributed by atoms with Crippen molar-refractivity contribution in [3.8, 4) is 0 Å². The molecular formula is C16H29N3O. The number of hydrogen-bond acceptors (Lipinski definition) is 2. The van der Waals surface area contributed by atoms with Crippen molar-refractivity contribution < 1.29 is 4.79 Å². The third-order valence-electron chi connectivity index (χ3n) is 5.07. The first-order chi connectivity index (χ1) is 9.75. The zero-order chi connectivity index (χ0) is 13.9. The lowest BCUT2D eigenvalue weighted by Gasteiger charge is -2.31. The average Bonchev–Trinajstić information content (AvgIpc) is 3.32. The summed E-state index contributed by atoms with van der Waals surface area (Å²) in [4.78, 5) is 17.1. The second-order valence-electron chi connectivity index (χ2n) is 6.85. The fourth-order valence-corrected chi connectivity index (χ4v) is 3.44. The van der Waals surface area contributed by atoms with Crippen LogP contribution in [-0.2, 0) is 0 Å². The van der Waals surface area contributed by atoms with E-state index in [1.165, 1.54) is 58.0 Å². The number of amides is 2. The minimum atomic E-state index is 0.184. The Hall–Kier alpha value is -0.770. The Bertz CT molecular complexity index is 333. The molecule has 114 valence electrons. The molecule has 1 saturated heterocycles. The van der Waals surface area contributed by atoms with Crippen LogP contribution < -0.4 is 5.32 Å². The third-order valence-corrected chi connectivity index (χ3v) is 5.07. The van der Waals surface area contributed by atoms with Crippen LogP contribution in [0.1, 0.15) is 51.9 Å². The van der Waals surface area contributed by atoms with Gasteiger partial charge in [0.1, 0.15) is 0 Å². The van der Waals surface area contributed by atoms with Gasteiger partial charge in [0.05, 0.1) is 0 Å². The number of nitrogens with zero attached hydrogens (tertiary/aromatic N) is 2. The van der Waals surface area contributed by atoms with E-state index in [1.54, 1.807) is 0 Å². The van der Waals surface area contributed by atoms with Crippen LogP contribution in [0.25, 0.3) is 0 Å². The quantitative estimate of drug-likeness (QED) is 0.810. The molecule has 0 aromatic heterocycles. The van der Waals surface area contributed by atoms with Crippen LogP contribution in [0.3, 0.4) is 0 Å².